The van der Waals surface area contributed by atoms with Gasteiger partial charge in [-0.1, -0.05) is 11.6 Å². The van der Waals surface area contributed by atoms with Gasteiger partial charge in [-0.2, -0.15) is 0 Å². The van der Waals surface area contributed by atoms with Crippen LogP contribution < -0.4 is 5.43 Å². The van der Waals surface area contributed by atoms with Crippen molar-refractivity contribution in [3.63, 3.8) is 0 Å². The smallest absolute Gasteiger partial charge is 0.202 e. The van der Waals surface area contributed by atoms with Gasteiger partial charge in [-0.05, 0) is 40.8 Å². The molecule has 0 spiro atoms. The van der Waals surface area contributed by atoms with Gasteiger partial charge in [0.2, 0.25) is 5.43 Å². The van der Waals surface area contributed by atoms with Crippen LogP contribution in [0.2, 0.25) is 5.02 Å². The van der Waals surface area contributed by atoms with E-state index in [1.807, 2.05) is 22.6 Å². The lowest BCUT2D eigenvalue weighted by Crippen LogP contribution is -2.05. The second-order valence-electron chi connectivity index (χ2n) is 2.66. The summed E-state index contributed by atoms with van der Waals surface area (Å²) in [6.07, 6.45) is 1.69. The van der Waals surface area contributed by atoms with E-state index in [9.17, 15) is 4.79 Å². The number of pyridine rings is 1. The molecule has 0 unspecified atom stereocenters. The molecule has 0 aliphatic heterocycles. The highest BCUT2D eigenvalue weighted by atomic mass is 127. The molecule has 0 radical (unpaired) electrons. The van der Waals surface area contributed by atoms with Crippen LogP contribution in [0.4, 0.5) is 0 Å². The number of aromatic amines is 1. The average Bonchev–Trinajstić information content (AvgIpc) is 2.12. The second kappa shape index (κ2) is 3.31. The summed E-state index contributed by atoms with van der Waals surface area (Å²) in [5.41, 5.74) is 0.840. The maximum atomic E-state index is 11.6. The van der Waals surface area contributed by atoms with Crippen molar-refractivity contribution >= 4 is 45.1 Å². The summed E-state index contributed by atoms with van der Waals surface area (Å²) < 4.78 is 0.673. The molecule has 0 aliphatic carbocycles. The van der Waals surface area contributed by atoms with Gasteiger partial charge in [0.25, 0.3) is 0 Å². The van der Waals surface area contributed by atoms with Gasteiger partial charge in [-0.3, -0.25) is 4.79 Å². The predicted octanol–water partition coefficient (Wildman–Crippen LogP) is 2.79. The second-order valence-corrected chi connectivity index (χ2v) is 4.25. The molecule has 0 fully saturated rings. The summed E-state index contributed by atoms with van der Waals surface area (Å²) in [6.45, 7) is 0. The Morgan fingerprint density at radius 3 is 2.92 bits per heavy atom. The fraction of sp³-hybridized carbons (Fsp3) is 0. The van der Waals surface area contributed by atoms with E-state index >= 15 is 0 Å². The summed E-state index contributed by atoms with van der Waals surface area (Å²) >= 11 is 7.79. The van der Waals surface area contributed by atoms with Crippen LogP contribution in [-0.2, 0) is 0 Å². The first kappa shape index (κ1) is 9.02. The molecule has 1 aromatic heterocycles. The molecule has 0 aliphatic rings. The Balaban J connectivity index is 2.97. The molecule has 0 atom stereocenters. The Labute approximate surface area is 93.1 Å². The van der Waals surface area contributed by atoms with Gasteiger partial charge in [0, 0.05) is 22.1 Å². The van der Waals surface area contributed by atoms with E-state index in [4.69, 9.17) is 11.6 Å². The van der Waals surface area contributed by atoms with Gasteiger partial charge in [0.05, 0.1) is 3.57 Å². The van der Waals surface area contributed by atoms with Gasteiger partial charge >= 0.3 is 0 Å². The summed E-state index contributed by atoms with van der Waals surface area (Å²) in [6, 6.07) is 5.24. The molecule has 1 N–H and O–H groups in total. The number of H-pyrrole nitrogens is 1. The Hall–Kier alpha value is -0.550. The van der Waals surface area contributed by atoms with Gasteiger partial charge < -0.3 is 4.98 Å². The van der Waals surface area contributed by atoms with Crippen molar-refractivity contribution in [1.29, 1.82) is 0 Å². The quantitative estimate of drug-likeness (QED) is 0.746. The van der Waals surface area contributed by atoms with E-state index in [-0.39, 0.29) is 5.43 Å². The Morgan fingerprint density at radius 2 is 2.15 bits per heavy atom. The molecule has 0 saturated heterocycles. The number of fused-ring (bicyclic) bond motifs is 1. The molecule has 2 rings (SSSR count). The van der Waals surface area contributed by atoms with Crippen molar-refractivity contribution < 1.29 is 0 Å². The zero-order valence-electron chi connectivity index (χ0n) is 6.47. The molecule has 4 heteroatoms. The van der Waals surface area contributed by atoms with E-state index in [2.05, 4.69) is 4.98 Å². The molecule has 1 aromatic carbocycles. The minimum absolute atomic E-state index is 0.0249. The average molecular weight is 306 g/mol. The Kier molecular flexibility index (Phi) is 2.29. The summed E-state index contributed by atoms with van der Waals surface area (Å²) in [4.78, 5) is 14.6. The standard InChI is InChI=1S/C9H5ClINO/c10-5-1-2-8-6(3-5)9(13)7(11)4-12-8/h1-4H,(H,12,13). The highest BCUT2D eigenvalue weighted by Gasteiger charge is 2.02. The lowest BCUT2D eigenvalue weighted by molar-refractivity contribution is 1.36. The minimum Gasteiger partial charge on any atom is -0.360 e. The number of nitrogens with one attached hydrogen (secondary N) is 1. The SMILES string of the molecule is O=c1c(I)c[nH]c2ccc(Cl)cc12. The van der Waals surface area contributed by atoms with Gasteiger partial charge in [0.15, 0.2) is 0 Å². The van der Waals surface area contributed by atoms with Crippen LogP contribution in [0.15, 0.2) is 29.2 Å². The Morgan fingerprint density at radius 1 is 1.38 bits per heavy atom. The fourth-order valence-corrected chi connectivity index (χ4v) is 1.78. The van der Waals surface area contributed by atoms with E-state index in [1.54, 1.807) is 24.4 Å². The first-order valence-corrected chi connectivity index (χ1v) is 5.10. The first-order chi connectivity index (χ1) is 6.18. The van der Waals surface area contributed by atoms with Crippen molar-refractivity contribution in [3.05, 3.63) is 43.2 Å². The number of benzene rings is 1. The van der Waals surface area contributed by atoms with E-state index < -0.39 is 0 Å². The third-order valence-electron chi connectivity index (χ3n) is 1.80. The van der Waals surface area contributed by atoms with E-state index in [0.29, 0.717) is 14.0 Å². The summed E-state index contributed by atoms with van der Waals surface area (Å²) in [5, 5.41) is 1.22. The molecule has 0 bridgehead atoms. The van der Waals surface area contributed by atoms with Gasteiger partial charge in [-0.25, -0.2) is 0 Å². The lowest BCUT2D eigenvalue weighted by Gasteiger charge is -1.98. The van der Waals surface area contributed by atoms with Gasteiger partial charge in [-0.15, -0.1) is 0 Å². The maximum absolute atomic E-state index is 11.6. The van der Waals surface area contributed by atoms with Crippen molar-refractivity contribution in [2.75, 3.05) is 0 Å². The number of hydrogen-bond donors (Lipinski definition) is 1. The number of rotatable bonds is 0. The summed E-state index contributed by atoms with van der Waals surface area (Å²) in [5.74, 6) is 0. The van der Waals surface area contributed by atoms with Crippen molar-refractivity contribution in [2.45, 2.75) is 0 Å². The molecule has 0 amide bonds. The van der Waals surface area contributed by atoms with Crippen LogP contribution in [-0.4, -0.2) is 4.98 Å². The third kappa shape index (κ3) is 1.58. The molecule has 2 nitrogen and oxygen atoms in total. The van der Waals surface area contributed by atoms with E-state index in [0.717, 1.165) is 5.52 Å². The molecule has 1 heterocycles. The lowest BCUT2D eigenvalue weighted by atomic mass is 10.2. The highest BCUT2D eigenvalue weighted by molar-refractivity contribution is 14.1. The fourth-order valence-electron chi connectivity index (χ4n) is 1.17. The normalized spacial score (nSPS) is 10.6. The zero-order valence-corrected chi connectivity index (χ0v) is 9.39. The maximum Gasteiger partial charge on any atom is 0.202 e. The number of halogens is 2. The van der Waals surface area contributed by atoms with Crippen LogP contribution in [0.5, 0.6) is 0 Å². The topological polar surface area (TPSA) is 32.9 Å². The predicted molar refractivity (Wildman–Crippen MR) is 62.3 cm³/mol. The van der Waals surface area contributed by atoms with E-state index in [1.165, 1.54) is 0 Å². The monoisotopic (exact) mass is 305 g/mol. The van der Waals surface area contributed by atoms with Crippen LogP contribution in [0.3, 0.4) is 0 Å². The molecule has 2 aromatic rings. The van der Waals surface area contributed by atoms with Crippen LogP contribution in [0.1, 0.15) is 0 Å². The van der Waals surface area contributed by atoms with Crippen molar-refractivity contribution in [3.8, 4) is 0 Å². The molecule has 66 valence electrons. The zero-order chi connectivity index (χ0) is 9.42. The largest absolute Gasteiger partial charge is 0.360 e. The van der Waals surface area contributed by atoms with Crippen LogP contribution in [0.25, 0.3) is 10.9 Å². The minimum atomic E-state index is 0.0249. The van der Waals surface area contributed by atoms with Gasteiger partial charge in [0.1, 0.15) is 0 Å². The van der Waals surface area contributed by atoms with Crippen LogP contribution >= 0.6 is 34.2 Å². The molecular formula is C9H5ClINO. The van der Waals surface area contributed by atoms with Crippen molar-refractivity contribution in [2.24, 2.45) is 0 Å². The molecule has 13 heavy (non-hydrogen) atoms. The van der Waals surface area contributed by atoms with Crippen LogP contribution in [0, 0.1) is 3.57 Å². The third-order valence-corrected chi connectivity index (χ3v) is 2.83. The van der Waals surface area contributed by atoms with Crippen molar-refractivity contribution in [1.82, 2.24) is 4.98 Å². The Bertz CT molecular complexity index is 515. The molecule has 0 saturated carbocycles. The highest BCUT2D eigenvalue weighted by Crippen LogP contribution is 2.15. The molecular weight excluding hydrogens is 300 g/mol. The number of hydrogen-bond acceptors (Lipinski definition) is 1. The number of aromatic nitrogens is 1. The first-order valence-electron chi connectivity index (χ1n) is 3.65. The summed E-state index contributed by atoms with van der Waals surface area (Å²) in [7, 11) is 0.